The van der Waals surface area contributed by atoms with Crippen molar-refractivity contribution in [1.82, 2.24) is 10.6 Å². The molecule has 1 aromatic rings. The number of likely N-dealkylation sites (N-methyl/N-ethyl adjacent to an activating group) is 1. The van der Waals surface area contributed by atoms with Crippen LogP contribution in [0.1, 0.15) is 43.2 Å². The maximum Gasteiger partial charge on any atom is 0.220 e. The van der Waals surface area contributed by atoms with E-state index in [1.165, 1.54) is 11.1 Å². The first-order valence-electron chi connectivity index (χ1n) is 7.74. The highest BCUT2D eigenvalue weighted by atomic mass is 16.5. The fraction of sp³-hybridized carbons (Fsp3) is 0.588. The van der Waals surface area contributed by atoms with Crippen molar-refractivity contribution < 1.29 is 9.53 Å². The van der Waals surface area contributed by atoms with Crippen molar-refractivity contribution in [2.75, 3.05) is 20.7 Å². The van der Waals surface area contributed by atoms with Gasteiger partial charge in [0.1, 0.15) is 5.75 Å². The number of amides is 1. The van der Waals surface area contributed by atoms with Crippen molar-refractivity contribution >= 4 is 5.91 Å². The maximum absolute atomic E-state index is 12.1. The summed E-state index contributed by atoms with van der Waals surface area (Å²) in [6.07, 6.45) is 3.90. The molecular weight excluding hydrogens is 264 g/mol. The SMILES string of the molecule is CNC(C)CNC(=O)CC1CCCc2cc(OC)ccc21. The highest BCUT2D eigenvalue weighted by Crippen LogP contribution is 2.35. The summed E-state index contributed by atoms with van der Waals surface area (Å²) >= 11 is 0. The molecule has 0 saturated carbocycles. The van der Waals surface area contributed by atoms with E-state index in [-0.39, 0.29) is 5.91 Å². The zero-order valence-corrected chi connectivity index (χ0v) is 13.2. The minimum atomic E-state index is 0.144. The molecular formula is C17H26N2O2. The molecule has 0 radical (unpaired) electrons. The van der Waals surface area contributed by atoms with Crippen LogP contribution in [0.4, 0.5) is 0 Å². The standard InChI is InChI=1S/C17H26N2O2/c1-12(18-2)11-19-17(20)10-14-6-4-5-13-9-15(21-3)7-8-16(13)14/h7-9,12,14,18H,4-6,10-11H2,1-3H3,(H,19,20). The summed E-state index contributed by atoms with van der Waals surface area (Å²) < 4.78 is 5.29. The number of ether oxygens (including phenoxy) is 1. The second-order valence-electron chi connectivity index (χ2n) is 5.85. The number of rotatable bonds is 6. The van der Waals surface area contributed by atoms with Crippen molar-refractivity contribution in [3.8, 4) is 5.75 Å². The van der Waals surface area contributed by atoms with Crippen molar-refractivity contribution in [3.05, 3.63) is 29.3 Å². The smallest absolute Gasteiger partial charge is 0.220 e. The molecule has 0 fully saturated rings. The van der Waals surface area contributed by atoms with E-state index in [1.807, 2.05) is 13.1 Å². The summed E-state index contributed by atoms with van der Waals surface area (Å²) in [5, 5.41) is 6.13. The number of carbonyl (C=O) groups excluding carboxylic acids is 1. The van der Waals surface area contributed by atoms with Crippen LogP contribution in [0.25, 0.3) is 0 Å². The third-order valence-electron chi connectivity index (χ3n) is 4.32. The Morgan fingerprint density at radius 2 is 2.29 bits per heavy atom. The molecule has 4 heteroatoms. The van der Waals surface area contributed by atoms with Gasteiger partial charge in [0.05, 0.1) is 7.11 Å². The van der Waals surface area contributed by atoms with Crippen molar-refractivity contribution in [3.63, 3.8) is 0 Å². The molecule has 1 aliphatic rings. The van der Waals surface area contributed by atoms with Crippen molar-refractivity contribution in [2.45, 2.75) is 44.6 Å². The number of aryl methyl sites for hydroxylation is 1. The molecule has 2 unspecified atom stereocenters. The van der Waals surface area contributed by atoms with Crippen LogP contribution in [0.15, 0.2) is 18.2 Å². The van der Waals surface area contributed by atoms with Crippen LogP contribution in [-0.2, 0) is 11.2 Å². The average molecular weight is 290 g/mol. The zero-order chi connectivity index (χ0) is 15.2. The normalized spacial score (nSPS) is 18.7. The average Bonchev–Trinajstić information content (AvgIpc) is 2.52. The van der Waals surface area contributed by atoms with Crippen LogP contribution in [0.5, 0.6) is 5.75 Å². The van der Waals surface area contributed by atoms with Crippen LogP contribution in [0.2, 0.25) is 0 Å². The topological polar surface area (TPSA) is 50.4 Å². The lowest BCUT2D eigenvalue weighted by molar-refractivity contribution is -0.121. The summed E-state index contributed by atoms with van der Waals surface area (Å²) in [7, 11) is 3.60. The van der Waals surface area contributed by atoms with Gasteiger partial charge in [-0.3, -0.25) is 4.79 Å². The van der Waals surface area contributed by atoms with E-state index in [2.05, 4.69) is 29.7 Å². The van der Waals surface area contributed by atoms with E-state index >= 15 is 0 Å². The predicted octanol–water partition coefficient (Wildman–Crippen LogP) is 2.23. The molecule has 2 rings (SSSR count). The molecule has 0 aliphatic heterocycles. The number of benzene rings is 1. The van der Waals surface area contributed by atoms with E-state index in [4.69, 9.17) is 4.74 Å². The van der Waals surface area contributed by atoms with E-state index in [1.54, 1.807) is 7.11 Å². The van der Waals surface area contributed by atoms with Gasteiger partial charge < -0.3 is 15.4 Å². The largest absolute Gasteiger partial charge is 0.497 e. The quantitative estimate of drug-likeness (QED) is 0.844. The number of hydrogen-bond donors (Lipinski definition) is 2. The van der Waals surface area contributed by atoms with Gasteiger partial charge in [0.25, 0.3) is 0 Å². The molecule has 0 aromatic heterocycles. The van der Waals surface area contributed by atoms with Crippen LogP contribution in [-0.4, -0.2) is 32.7 Å². The van der Waals surface area contributed by atoms with E-state index in [0.29, 0.717) is 24.9 Å². The van der Waals surface area contributed by atoms with Gasteiger partial charge in [-0.1, -0.05) is 6.07 Å². The van der Waals surface area contributed by atoms with Gasteiger partial charge >= 0.3 is 0 Å². The van der Waals surface area contributed by atoms with Gasteiger partial charge in [0.15, 0.2) is 0 Å². The molecule has 0 spiro atoms. The third kappa shape index (κ3) is 4.21. The van der Waals surface area contributed by atoms with Gasteiger partial charge in [-0.05, 0) is 62.4 Å². The van der Waals surface area contributed by atoms with Crippen LogP contribution >= 0.6 is 0 Å². The molecule has 0 bridgehead atoms. The Hall–Kier alpha value is -1.55. The predicted molar refractivity (Wildman–Crippen MR) is 84.8 cm³/mol. The minimum absolute atomic E-state index is 0.144. The molecule has 2 N–H and O–H groups in total. The Morgan fingerprint density at radius 3 is 3.00 bits per heavy atom. The Labute approximate surface area is 127 Å². The van der Waals surface area contributed by atoms with Gasteiger partial charge in [0, 0.05) is 19.0 Å². The Bertz CT molecular complexity index is 488. The monoisotopic (exact) mass is 290 g/mol. The van der Waals surface area contributed by atoms with Crippen molar-refractivity contribution in [1.29, 1.82) is 0 Å². The Morgan fingerprint density at radius 1 is 1.48 bits per heavy atom. The highest BCUT2D eigenvalue weighted by Gasteiger charge is 2.23. The zero-order valence-electron chi connectivity index (χ0n) is 13.2. The fourth-order valence-corrected chi connectivity index (χ4v) is 2.90. The molecule has 116 valence electrons. The first-order valence-corrected chi connectivity index (χ1v) is 7.74. The molecule has 1 aliphatic carbocycles. The van der Waals surface area contributed by atoms with Gasteiger partial charge in [-0.2, -0.15) is 0 Å². The van der Waals surface area contributed by atoms with E-state index < -0.39 is 0 Å². The lowest BCUT2D eigenvalue weighted by atomic mass is 9.81. The summed E-state index contributed by atoms with van der Waals surface area (Å²) in [6, 6.07) is 6.54. The first kappa shape index (κ1) is 15.8. The molecule has 0 heterocycles. The molecule has 1 amide bonds. The van der Waals surface area contributed by atoms with E-state index in [0.717, 1.165) is 25.0 Å². The molecule has 1 aromatic carbocycles. The Kier molecular flexibility index (Phi) is 5.62. The lowest BCUT2D eigenvalue weighted by Gasteiger charge is -2.25. The first-order chi connectivity index (χ1) is 10.1. The lowest BCUT2D eigenvalue weighted by Crippen LogP contribution is -2.37. The molecule has 4 nitrogen and oxygen atoms in total. The number of nitrogens with one attached hydrogen (secondary N) is 2. The van der Waals surface area contributed by atoms with Gasteiger partial charge in [-0.25, -0.2) is 0 Å². The van der Waals surface area contributed by atoms with Gasteiger partial charge in [0.2, 0.25) is 5.91 Å². The highest BCUT2D eigenvalue weighted by molar-refractivity contribution is 5.77. The number of fused-ring (bicyclic) bond motifs is 1. The summed E-state index contributed by atoms with van der Waals surface area (Å²) in [5.41, 5.74) is 2.65. The van der Waals surface area contributed by atoms with Crippen LogP contribution in [0.3, 0.4) is 0 Å². The van der Waals surface area contributed by atoms with E-state index in [9.17, 15) is 4.79 Å². The summed E-state index contributed by atoms with van der Waals surface area (Å²) in [6.45, 7) is 2.74. The fourth-order valence-electron chi connectivity index (χ4n) is 2.90. The summed E-state index contributed by atoms with van der Waals surface area (Å²) in [4.78, 5) is 12.1. The second-order valence-corrected chi connectivity index (χ2v) is 5.85. The molecule has 0 saturated heterocycles. The number of hydrogen-bond acceptors (Lipinski definition) is 3. The van der Waals surface area contributed by atoms with Crippen LogP contribution in [0, 0.1) is 0 Å². The molecule has 2 atom stereocenters. The number of methoxy groups -OCH3 is 1. The maximum atomic E-state index is 12.1. The Balaban J connectivity index is 1.98. The molecule has 21 heavy (non-hydrogen) atoms. The third-order valence-corrected chi connectivity index (χ3v) is 4.32. The van der Waals surface area contributed by atoms with Gasteiger partial charge in [-0.15, -0.1) is 0 Å². The summed E-state index contributed by atoms with van der Waals surface area (Å²) in [5.74, 6) is 1.39. The minimum Gasteiger partial charge on any atom is -0.497 e. The number of carbonyl (C=O) groups is 1. The second kappa shape index (κ2) is 7.46. The van der Waals surface area contributed by atoms with Crippen LogP contribution < -0.4 is 15.4 Å². The van der Waals surface area contributed by atoms with Crippen molar-refractivity contribution in [2.24, 2.45) is 0 Å².